The first-order chi connectivity index (χ1) is 7.58. The Bertz CT molecular complexity index is 554. The van der Waals surface area contributed by atoms with Gasteiger partial charge in [0.05, 0.1) is 0 Å². The van der Waals surface area contributed by atoms with E-state index in [4.69, 9.17) is 0 Å². The molecular formula is C12H12NO2S-. The van der Waals surface area contributed by atoms with E-state index in [9.17, 15) is 8.42 Å². The first-order valence-electron chi connectivity index (χ1n) is 4.89. The normalized spacial score (nSPS) is 11.3. The lowest BCUT2D eigenvalue weighted by atomic mass is 10.2. The molecule has 4 heteroatoms. The fraction of sp³-hybridized carbons (Fsp3) is 0.0833. The van der Waals surface area contributed by atoms with Crippen molar-refractivity contribution in [2.45, 2.75) is 11.8 Å². The van der Waals surface area contributed by atoms with Gasteiger partial charge in [0.15, 0.2) is 0 Å². The second kappa shape index (κ2) is 4.06. The van der Waals surface area contributed by atoms with Crippen molar-refractivity contribution in [1.29, 1.82) is 0 Å². The summed E-state index contributed by atoms with van der Waals surface area (Å²) >= 11 is 0. The number of nitrogens with one attached hydrogen (secondary N) is 1. The van der Waals surface area contributed by atoms with Gasteiger partial charge >= 0.3 is 0 Å². The van der Waals surface area contributed by atoms with Crippen LogP contribution in [0.25, 0.3) is 0 Å². The highest BCUT2D eigenvalue weighted by Gasteiger charge is 2.08. The van der Waals surface area contributed by atoms with Crippen LogP contribution in [0.1, 0.15) is 5.56 Å². The van der Waals surface area contributed by atoms with Crippen molar-refractivity contribution in [3.8, 4) is 0 Å². The van der Waals surface area contributed by atoms with Gasteiger partial charge in [-0.05, 0) is 24.0 Å². The number of aryl methyl sites for hydroxylation is 1. The fourth-order valence-electron chi connectivity index (χ4n) is 1.37. The van der Waals surface area contributed by atoms with Gasteiger partial charge in [0.1, 0.15) is 0 Å². The van der Waals surface area contributed by atoms with Crippen LogP contribution in [-0.4, -0.2) is 8.42 Å². The van der Waals surface area contributed by atoms with Crippen LogP contribution in [0.2, 0.25) is 0 Å². The molecule has 0 aliphatic heterocycles. The summed E-state index contributed by atoms with van der Waals surface area (Å²) in [6.45, 7) is 1.95. The zero-order chi connectivity index (χ0) is 11.6. The lowest BCUT2D eigenvalue weighted by Gasteiger charge is -2.09. The molecular weight excluding hydrogens is 222 g/mol. The van der Waals surface area contributed by atoms with Gasteiger partial charge in [0.2, 0.25) is 10.0 Å². The molecule has 0 saturated heterocycles. The number of benzene rings is 1. The number of sulfonamides is 1. The molecule has 0 aromatic heterocycles. The van der Waals surface area contributed by atoms with Crippen molar-refractivity contribution in [2.75, 3.05) is 4.72 Å². The van der Waals surface area contributed by atoms with Gasteiger partial charge in [-0.2, -0.15) is 18.2 Å². The van der Waals surface area contributed by atoms with Crippen molar-refractivity contribution in [2.24, 2.45) is 0 Å². The van der Waals surface area contributed by atoms with Crippen LogP contribution in [0.3, 0.4) is 0 Å². The van der Waals surface area contributed by atoms with E-state index in [2.05, 4.69) is 4.72 Å². The lowest BCUT2D eigenvalue weighted by Crippen LogP contribution is -2.11. The lowest BCUT2D eigenvalue weighted by molar-refractivity contribution is 0.601. The molecule has 16 heavy (non-hydrogen) atoms. The van der Waals surface area contributed by atoms with E-state index in [1.165, 1.54) is 0 Å². The number of hydrogen-bond acceptors (Lipinski definition) is 2. The van der Waals surface area contributed by atoms with Crippen molar-refractivity contribution >= 4 is 15.7 Å². The largest absolute Gasteiger partial charge is 0.281 e. The number of anilines is 1. The maximum absolute atomic E-state index is 11.8. The van der Waals surface area contributed by atoms with E-state index in [-0.39, 0.29) is 4.90 Å². The fourth-order valence-corrected chi connectivity index (χ4v) is 2.45. The topological polar surface area (TPSA) is 46.2 Å². The molecule has 0 aliphatic carbocycles. The average Bonchev–Trinajstić information content (AvgIpc) is 2.75. The summed E-state index contributed by atoms with van der Waals surface area (Å²) in [6, 6.07) is 13.7. The molecule has 3 nitrogen and oxygen atoms in total. The molecule has 0 amide bonds. The molecule has 0 radical (unpaired) electrons. The van der Waals surface area contributed by atoms with Gasteiger partial charge in [0, 0.05) is 5.69 Å². The maximum atomic E-state index is 11.8. The Morgan fingerprint density at radius 1 is 1.12 bits per heavy atom. The van der Waals surface area contributed by atoms with Crippen LogP contribution in [0.5, 0.6) is 0 Å². The van der Waals surface area contributed by atoms with E-state index in [1.807, 2.05) is 19.1 Å². The third-order valence-electron chi connectivity index (χ3n) is 2.25. The van der Waals surface area contributed by atoms with Gasteiger partial charge in [-0.15, -0.1) is 0 Å². The molecule has 0 fully saturated rings. The van der Waals surface area contributed by atoms with E-state index >= 15 is 0 Å². The molecule has 84 valence electrons. The standard InChI is InChI=1S/C12H12NO2S/c1-10-6-8-11(9-7-10)13-16(14,15)12-4-2-3-5-12/h2-9,13H,1H3/q-1. The van der Waals surface area contributed by atoms with Crippen molar-refractivity contribution in [3.05, 3.63) is 54.1 Å². The predicted octanol–water partition coefficient (Wildman–Crippen LogP) is 2.51. The Hall–Kier alpha value is -1.68. The molecule has 0 spiro atoms. The molecule has 0 bridgehead atoms. The molecule has 2 aromatic rings. The van der Waals surface area contributed by atoms with E-state index in [0.717, 1.165) is 5.56 Å². The van der Waals surface area contributed by atoms with E-state index < -0.39 is 10.0 Å². The highest BCUT2D eigenvalue weighted by molar-refractivity contribution is 7.92. The van der Waals surface area contributed by atoms with Gasteiger partial charge in [-0.1, -0.05) is 17.7 Å². The predicted molar refractivity (Wildman–Crippen MR) is 64.0 cm³/mol. The summed E-state index contributed by atoms with van der Waals surface area (Å²) in [5.41, 5.74) is 1.67. The zero-order valence-corrected chi connectivity index (χ0v) is 9.66. The van der Waals surface area contributed by atoms with Crippen LogP contribution in [0.15, 0.2) is 53.4 Å². The summed E-state index contributed by atoms with van der Waals surface area (Å²) in [5, 5.41) is 0. The van der Waals surface area contributed by atoms with Crippen molar-refractivity contribution in [1.82, 2.24) is 0 Å². The minimum Gasteiger partial charge on any atom is -0.281 e. The van der Waals surface area contributed by atoms with E-state index in [1.54, 1.807) is 36.4 Å². The Morgan fingerprint density at radius 2 is 1.81 bits per heavy atom. The third kappa shape index (κ3) is 2.28. The summed E-state index contributed by atoms with van der Waals surface area (Å²) in [5.74, 6) is 0. The Morgan fingerprint density at radius 3 is 2.38 bits per heavy atom. The monoisotopic (exact) mass is 234 g/mol. The maximum Gasteiger partial charge on any atom is 0.238 e. The van der Waals surface area contributed by atoms with E-state index in [0.29, 0.717) is 5.69 Å². The molecule has 2 rings (SSSR count). The molecule has 0 unspecified atom stereocenters. The van der Waals surface area contributed by atoms with Gasteiger partial charge < -0.3 is 0 Å². The smallest absolute Gasteiger partial charge is 0.238 e. The average molecular weight is 234 g/mol. The second-order valence-corrected chi connectivity index (χ2v) is 5.27. The highest BCUT2D eigenvalue weighted by atomic mass is 32.2. The number of rotatable bonds is 3. The Kier molecular flexibility index (Phi) is 2.75. The molecule has 2 aromatic carbocycles. The van der Waals surface area contributed by atoms with Crippen molar-refractivity contribution in [3.63, 3.8) is 0 Å². The van der Waals surface area contributed by atoms with Gasteiger partial charge in [0.25, 0.3) is 0 Å². The molecule has 0 aliphatic rings. The first-order valence-corrected chi connectivity index (χ1v) is 6.37. The summed E-state index contributed by atoms with van der Waals surface area (Å²) in [7, 11) is -3.43. The zero-order valence-electron chi connectivity index (χ0n) is 8.84. The van der Waals surface area contributed by atoms with Gasteiger partial charge in [-0.3, -0.25) is 4.72 Å². The summed E-state index contributed by atoms with van der Waals surface area (Å²) in [4.78, 5) is 0.285. The molecule has 0 heterocycles. The highest BCUT2D eigenvalue weighted by Crippen LogP contribution is 2.16. The third-order valence-corrected chi connectivity index (χ3v) is 3.64. The molecule has 0 saturated carbocycles. The minimum atomic E-state index is -3.43. The Labute approximate surface area is 95.2 Å². The second-order valence-electron chi connectivity index (χ2n) is 3.59. The summed E-state index contributed by atoms with van der Waals surface area (Å²) < 4.78 is 26.2. The van der Waals surface area contributed by atoms with Gasteiger partial charge in [-0.25, -0.2) is 14.5 Å². The van der Waals surface area contributed by atoms with Crippen molar-refractivity contribution < 1.29 is 8.42 Å². The molecule has 1 N–H and O–H groups in total. The minimum absolute atomic E-state index is 0.285. The number of hydrogen-bond donors (Lipinski definition) is 1. The SMILES string of the molecule is Cc1ccc(NS(=O)(=O)c2ccc[cH-]2)cc1. The summed E-state index contributed by atoms with van der Waals surface area (Å²) in [6.07, 6.45) is 0. The quantitative estimate of drug-likeness (QED) is 0.829. The van der Waals surface area contributed by atoms with Crippen LogP contribution in [0, 0.1) is 6.92 Å². The Balaban J connectivity index is 2.25. The van der Waals surface area contributed by atoms with Crippen LogP contribution < -0.4 is 4.72 Å². The van der Waals surface area contributed by atoms with Crippen LogP contribution in [-0.2, 0) is 10.0 Å². The molecule has 0 atom stereocenters. The first kappa shape index (κ1) is 10.8. The van der Waals surface area contributed by atoms with Crippen LogP contribution >= 0.6 is 0 Å². The van der Waals surface area contributed by atoms with Crippen LogP contribution in [0.4, 0.5) is 5.69 Å².